The van der Waals surface area contributed by atoms with Gasteiger partial charge in [0.05, 0.1) is 70.3 Å². The van der Waals surface area contributed by atoms with Gasteiger partial charge < -0.3 is 49.4 Å². The van der Waals surface area contributed by atoms with E-state index in [0.29, 0.717) is 85.9 Å². The topological polar surface area (TPSA) is 190 Å². The van der Waals surface area contributed by atoms with E-state index in [9.17, 15) is 29.7 Å². The van der Waals surface area contributed by atoms with Crippen LogP contribution in [0.5, 0.6) is 17.2 Å². The maximum Gasteiger partial charge on any atom is 0.345 e. The summed E-state index contributed by atoms with van der Waals surface area (Å²) in [7, 11) is 1.73. The number of aromatic carboxylic acids is 1. The van der Waals surface area contributed by atoms with Crippen molar-refractivity contribution in [3.63, 3.8) is 0 Å². The predicted octanol–water partition coefficient (Wildman–Crippen LogP) is 14.7. The maximum absolute atomic E-state index is 12.2. The molecule has 4 aromatic carbocycles. The van der Waals surface area contributed by atoms with E-state index in [2.05, 4.69) is 49.5 Å². The van der Waals surface area contributed by atoms with Crippen molar-refractivity contribution >= 4 is 63.5 Å². The summed E-state index contributed by atoms with van der Waals surface area (Å²) in [6.45, 7) is 13.9. The molecular formula is C71H91Cl2NO12S2. The molecule has 2 heterocycles. The number of para-hydroxylation sites is 1. The molecule has 9 rings (SSSR count). The first-order valence-electron chi connectivity index (χ1n) is 31.2. The first-order chi connectivity index (χ1) is 42.5. The highest BCUT2D eigenvalue weighted by atomic mass is 35.5. The Morgan fingerprint density at radius 2 is 1.19 bits per heavy atom. The number of halogens is 2. The minimum absolute atomic E-state index is 0.0301. The molecule has 3 aliphatic rings. The number of ether oxygens (including phenoxy) is 5. The van der Waals surface area contributed by atoms with Crippen LogP contribution in [-0.4, -0.2) is 88.9 Å². The number of nitrogens with one attached hydrogen (secondary N) is 1. The van der Waals surface area contributed by atoms with Gasteiger partial charge in [-0.15, -0.1) is 45.9 Å². The van der Waals surface area contributed by atoms with E-state index < -0.39 is 5.97 Å². The van der Waals surface area contributed by atoms with Gasteiger partial charge in [-0.05, 0) is 222 Å². The molecular weight excluding hydrogens is 1190 g/mol. The molecule has 0 aliphatic heterocycles. The highest BCUT2D eigenvalue weighted by Gasteiger charge is 2.37. The zero-order valence-electron chi connectivity index (χ0n) is 52.0. The largest absolute Gasteiger partial charge is 0.493 e. The van der Waals surface area contributed by atoms with Crippen molar-refractivity contribution in [1.82, 2.24) is 5.32 Å². The van der Waals surface area contributed by atoms with Gasteiger partial charge in [0, 0.05) is 58.0 Å². The van der Waals surface area contributed by atoms with Crippen LogP contribution in [0, 0.1) is 63.2 Å². The summed E-state index contributed by atoms with van der Waals surface area (Å²) in [6.07, 6.45) is 12.3. The molecule has 2 aromatic heterocycles. The van der Waals surface area contributed by atoms with Gasteiger partial charge in [-0.1, -0.05) is 42.5 Å². The van der Waals surface area contributed by atoms with Gasteiger partial charge in [0.1, 0.15) is 27.9 Å². The van der Waals surface area contributed by atoms with Gasteiger partial charge in [0.25, 0.3) is 5.91 Å². The van der Waals surface area contributed by atoms with Gasteiger partial charge in [-0.3, -0.25) is 9.59 Å². The van der Waals surface area contributed by atoms with E-state index in [1.54, 1.807) is 42.7 Å². The molecule has 478 valence electrons. The fourth-order valence-corrected chi connectivity index (χ4v) is 15.1. The van der Waals surface area contributed by atoms with Gasteiger partial charge in [-0.25, -0.2) is 4.79 Å². The number of hydrogen-bond acceptors (Lipinski definition) is 13. The van der Waals surface area contributed by atoms with E-state index in [1.807, 2.05) is 63.2 Å². The Hall–Kier alpha value is -5.33. The highest BCUT2D eigenvalue weighted by molar-refractivity contribution is 7.14. The quantitative estimate of drug-likeness (QED) is 0.0280. The number of thiophene rings is 2. The number of methoxy groups -OCH3 is 1. The van der Waals surface area contributed by atoms with Crippen LogP contribution in [0.3, 0.4) is 0 Å². The molecule has 1 amide bonds. The molecule has 0 saturated heterocycles. The molecule has 88 heavy (non-hydrogen) atoms. The first kappa shape index (κ1) is 70.1. The molecule has 6 aromatic rings. The second-order valence-corrected chi connectivity index (χ2v) is 27.2. The number of Topliss-reactive ketones (excluding diaryl/α,β-unsaturated/α-hetero) is 1. The first-order valence-corrected chi connectivity index (χ1v) is 33.7. The zero-order valence-corrected chi connectivity index (χ0v) is 55.2. The third-order valence-electron chi connectivity index (χ3n) is 17.6. The number of benzene rings is 4. The van der Waals surface area contributed by atoms with Crippen LogP contribution in [0.2, 0.25) is 0 Å². The summed E-state index contributed by atoms with van der Waals surface area (Å²) in [4.78, 5) is 38.3. The number of hydrogen-bond donors (Lipinski definition) is 5. The lowest BCUT2D eigenvalue weighted by Crippen LogP contribution is -2.25. The summed E-state index contributed by atoms with van der Waals surface area (Å²) < 4.78 is 29.3. The van der Waals surface area contributed by atoms with Crippen molar-refractivity contribution in [2.45, 2.75) is 155 Å². The number of alkyl halides is 2. The van der Waals surface area contributed by atoms with Crippen LogP contribution < -0.4 is 19.5 Å². The third kappa shape index (κ3) is 20.6. The van der Waals surface area contributed by atoms with E-state index in [-0.39, 0.29) is 60.7 Å². The summed E-state index contributed by atoms with van der Waals surface area (Å²) in [6, 6.07) is 31.0. The Morgan fingerprint density at radius 1 is 0.602 bits per heavy atom. The van der Waals surface area contributed by atoms with Crippen molar-refractivity contribution in [3.05, 3.63) is 167 Å². The zero-order chi connectivity index (χ0) is 63.1. The van der Waals surface area contributed by atoms with Crippen molar-refractivity contribution < 1.29 is 58.5 Å². The third-order valence-corrected chi connectivity index (χ3v) is 20.9. The van der Waals surface area contributed by atoms with Crippen LogP contribution >= 0.6 is 45.9 Å². The second-order valence-electron chi connectivity index (χ2n) is 23.7. The smallest absolute Gasteiger partial charge is 0.345 e. The van der Waals surface area contributed by atoms with Crippen molar-refractivity contribution in [1.29, 1.82) is 0 Å². The van der Waals surface area contributed by atoms with E-state index in [0.717, 1.165) is 101 Å². The number of aliphatic hydroxyl groups excluding tert-OH is 3. The minimum Gasteiger partial charge on any atom is -0.493 e. The fraction of sp³-hybridized carbons (Fsp3) is 0.507. The maximum atomic E-state index is 12.2. The molecule has 0 spiro atoms. The lowest BCUT2D eigenvalue weighted by atomic mass is 9.90. The standard InChI is InChI=1S/C26H36ClNO3S.C25H33ClO3.C20H22O6S/c1-5-28-26(29)25-12-10-21(32-25)8-6-7-19-9-11-24(27)23(19)16-31-20-13-17(2)22(15-30-4)18(3)14-20;1-17-11-22(12-18(2)23(17)15-28)29-16-24-21(9-10-25(24)26)8-4-6-19-5-3-7-20(13-19)14-27;21-9-13-3-1-2-4-18(13)26-12-16-14(5-7-17(16)22)10-25-11-15-6-8-19(27-15)20(23)24/h10,12-14,19,23-24H,5-9,11,15-16H2,1-4H3,(H,28,29);3,5,7,11-13,21,24-25,27-28H,4,6,8-10,14-16H2,1-2H3;1-4,6,8,14,16,21H,5,7,9-12H2,(H,23,24)/t19-,23+,24?;21-,24+,25?;14-,16-/m001/s1. The Balaban J connectivity index is 0.000000189. The molecule has 8 atom stereocenters. The van der Waals surface area contributed by atoms with E-state index in [4.69, 9.17) is 52.0 Å². The number of carbonyl (C=O) groups excluding carboxylic acids is 2. The molecule has 5 N–H and O–H groups in total. The lowest BCUT2D eigenvalue weighted by molar-refractivity contribution is -0.122. The summed E-state index contributed by atoms with van der Waals surface area (Å²) >= 11 is 16.1. The number of ketones is 1. The Bertz CT molecular complexity index is 3120. The highest BCUT2D eigenvalue weighted by Crippen LogP contribution is 2.41. The average molecular weight is 1290 g/mol. The summed E-state index contributed by atoms with van der Waals surface area (Å²) in [5.41, 5.74) is 9.73. The number of carboxylic acid groups (broad SMARTS) is 1. The van der Waals surface area contributed by atoms with Crippen LogP contribution in [-0.2, 0) is 60.1 Å². The Labute approximate surface area is 539 Å². The molecule has 17 heteroatoms. The fourth-order valence-electron chi connectivity index (χ4n) is 12.6. The van der Waals surface area contributed by atoms with Crippen LogP contribution in [0.4, 0.5) is 0 Å². The number of aliphatic hydroxyl groups is 3. The van der Waals surface area contributed by atoms with E-state index >= 15 is 0 Å². The molecule has 0 radical (unpaired) electrons. The lowest BCUT2D eigenvalue weighted by Gasteiger charge is -2.23. The number of amides is 1. The molecule has 0 bridgehead atoms. The molecule has 3 saturated carbocycles. The summed E-state index contributed by atoms with van der Waals surface area (Å²) in [5, 5.41) is 40.3. The Kier molecular flexibility index (Phi) is 28.6. The molecule has 13 nitrogen and oxygen atoms in total. The predicted molar refractivity (Wildman–Crippen MR) is 352 cm³/mol. The normalized spacial score (nSPS) is 20.5. The molecule has 3 aliphatic carbocycles. The van der Waals surface area contributed by atoms with Crippen molar-refractivity contribution in [2.75, 3.05) is 40.1 Å². The van der Waals surface area contributed by atoms with Gasteiger partial charge >= 0.3 is 5.97 Å². The van der Waals surface area contributed by atoms with Crippen molar-refractivity contribution in [2.24, 2.45) is 35.5 Å². The number of carboxylic acids is 1. The van der Waals surface area contributed by atoms with Crippen LogP contribution in [0.1, 0.15) is 150 Å². The molecule has 3 fully saturated rings. The number of rotatable bonds is 29. The van der Waals surface area contributed by atoms with Gasteiger partial charge in [-0.2, -0.15) is 0 Å². The van der Waals surface area contributed by atoms with E-state index in [1.165, 1.54) is 51.3 Å². The Morgan fingerprint density at radius 3 is 1.78 bits per heavy atom. The monoisotopic (exact) mass is 1280 g/mol. The minimum atomic E-state index is -0.937. The summed E-state index contributed by atoms with van der Waals surface area (Å²) in [5.74, 6) is 3.45. The van der Waals surface area contributed by atoms with Crippen molar-refractivity contribution in [3.8, 4) is 17.2 Å². The van der Waals surface area contributed by atoms with Crippen LogP contribution in [0.15, 0.2) is 97.1 Å². The van der Waals surface area contributed by atoms with Gasteiger partial charge in [0.2, 0.25) is 0 Å². The second kappa shape index (κ2) is 35.9. The molecule has 2 unspecified atom stereocenters. The van der Waals surface area contributed by atoms with Crippen LogP contribution in [0.25, 0.3) is 0 Å². The van der Waals surface area contributed by atoms with Gasteiger partial charge in [0.15, 0.2) is 0 Å². The number of carbonyl (C=O) groups is 3. The SMILES string of the molecule is CCNC(=O)c1ccc(CCC[C@H]2CCC(Cl)[C@@H]2COc2cc(C)c(COC)c(C)c2)s1.Cc1cc(OC[C@H]2C(Cl)CC[C@@H]2CCCc2cccc(CO)c2)cc(C)c1CO.O=C(O)c1ccc(COC[C@H]2CCC(=O)[C@@H]2COc2ccccc2CO)s1. The average Bonchev–Trinajstić information content (AvgIpc) is 3.76. The number of aryl methyl sites for hydroxylation is 6.